The quantitative estimate of drug-likeness (QED) is 0.343. The summed E-state index contributed by atoms with van der Waals surface area (Å²) in [6.45, 7) is 1.72. The third-order valence-corrected chi connectivity index (χ3v) is 8.93. The van der Waals surface area contributed by atoms with Gasteiger partial charge in [-0.1, -0.05) is 24.3 Å². The van der Waals surface area contributed by atoms with Gasteiger partial charge in [0.05, 0.1) is 14.2 Å². The fraction of sp³-hybridized carbons (Fsp3) is 0.429. The average molecular weight is 603 g/mol. The number of benzene rings is 3. The molecule has 0 radical (unpaired) electrons. The number of piperidine rings is 1. The van der Waals surface area contributed by atoms with E-state index in [2.05, 4.69) is 28.4 Å². The Kier molecular flexibility index (Phi) is 10.5. The van der Waals surface area contributed by atoms with Gasteiger partial charge in [-0.15, -0.1) is 0 Å². The molecule has 1 unspecified atom stereocenters. The molecule has 0 bridgehead atoms. The van der Waals surface area contributed by atoms with Gasteiger partial charge in [0, 0.05) is 43.3 Å². The molecule has 1 aliphatic heterocycles. The minimum Gasteiger partial charge on any atom is -0.497 e. The van der Waals surface area contributed by atoms with Gasteiger partial charge in [-0.05, 0) is 98.2 Å². The van der Waals surface area contributed by atoms with Crippen molar-refractivity contribution in [2.75, 3.05) is 20.8 Å². The molecule has 1 heterocycles. The van der Waals surface area contributed by atoms with Gasteiger partial charge in [0.25, 0.3) is 5.91 Å². The summed E-state index contributed by atoms with van der Waals surface area (Å²) in [5.41, 5.74) is 8.70. The largest absolute Gasteiger partial charge is 0.497 e. The van der Waals surface area contributed by atoms with E-state index in [9.17, 15) is 14.0 Å². The zero-order valence-corrected chi connectivity index (χ0v) is 25.6. The molecule has 2 aliphatic rings. The van der Waals surface area contributed by atoms with Crippen LogP contribution in [0.2, 0.25) is 0 Å². The van der Waals surface area contributed by atoms with Crippen LogP contribution in [0, 0.1) is 5.82 Å². The second-order valence-corrected chi connectivity index (χ2v) is 11.9. The van der Waals surface area contributed by atoms with Crippen molar-refractivity contribution in [3.8, 4) is 11.5 Å². The first-order valence-corrected chi connectivity index (χ1v) is 15.5. The third kappa shape index (κ3) is 7.95. The summed E-state index contributed by atoms with van der Waals surface area (Å²) in [4.78, 5) is 31.7. The van der Waals surface area contributed by atoms with Gasteiger partial charge >= 0.3 is 0 Å². The Hall–Kier alpha value is -3.95. The Labute approximate surface area is 259 Å². The third-order valence-electron chi connectivity index (χ3n) is 8.93. The topological polar surface area (TPSA) is 97.1 Å². The lowest BCUT2D eigenvalue weighted by Crippen LogP contribution is -2.58. The first-order valence-electron chi connectivity index (χ1n) is 15.5. The van der Waals surface area contributed by atoms with Crippen molar-refractivity contribution in [2.45, 2.75) is 75.8 Å². The molecule has 2 atom stereocenters. The lowest BCUT2D eigenvalue weighted by atomic mass is 9.90. The van der Waals surface area contributed by atoms with Crippen LogP contribution in [0.15, 0.2) is 72.8 Å². The monoisotopic (exact) mass is 602 g/mol. The number of nitrogens with zero attached hydrogens (tertiary/aromatic N) is 2. The molecular formula is C35H43FN4O4. The minimum absolute atomic E-state index is 0.0242. The zero-order valence-electron chi connectivity index (χ0n) is 25.6. The number of hydrogen-bond acceptors (Lipinski definition) is 6. The number of methoxy groups -OCH3 is 2. The Morgan fingerprint density at radius 2 is 1.57 bits per heavy atom. The molecule has 8 nitrogen and oxygen atoms in total. The number of nitrogens with one attached hydrogen (secondary N) is 1. The number of nitrogens with two attached hydrogens (primary N) is 1. The van der Waals surface area contributed by atoms with Gasteiger partial charge in [0.2, 0.25) is 5.91 Å². The van der Waals surface area contributed by atoms with E-state index in [4.69, 9.17) is 15.2 Å². The molecule has 234 valence electrons. The highest BCUT2D eigenvalue weighted by Crippen LogP contribution is 2.29. The Morgan fingerprint density at radius 1 is 0.886 bits per heavy atom. The van der Waals surface area contributed by atoms with Crippen LogP contribution in [-0.4, -0.2) is 66.5 Å². The van der Waals surface area contributed by atoms with Crippen LogP contribution in [-0.2, 0) is 17.9 Å². The Bertz CT molecular complexity index is 1390. The standard InChI is InChI=1S/C35H43FN4O4/c1-43-31-16-6-24(7-17-31)22-39(23-25-4-3-5-32(20-25)44-2)30-18-19-40(35(42)26-8-10-27(36)11-9-26)33(21-30)34(41)38-29-14-12-28(37)13-15-29/h3-11,16-17,20,28-30,33H,12-15,18-19,21-23,37H2,1-2H3,(H,38,41)/t28?,29?,30?,33-/m1/s1. The summed E-state index contributed by atoms with van der Waals surface area (Å²) < 4.78 is 24.5. The number of hydrogen-bond donors (Lipinski definition) is 2. The number of rotatable bonds is 10. The van der Waals surface area contributed by atoms with Crippen molar-refractivity contribution in [1.29, 1.82) is 0 Å². The van der Waals surface area contributed by atoms with E-state index < -0.39 is 11.9 Å². The van der Waals surface area contributed by atoms with E-state index in [1.54, 1.807) is 19.1 Å². The van der Waals surface area contributed by atoms with Crippen LogP contribution in [0.3, 0.4) is 0 Å². The molecule has 2 fully saturated rings. The van der Waals surface area contributed by atoms with E-state index in [0.29, 0.717) is 38.0 Å². The Morgan fingerprint density at radius 3 is 2.25 bits per heavy atom. The predicted molar refractivity (Wildman–Crippen MR) is 168 cm³/mol. The molecular weight excluding hydrogens is 559 g/mol. The zero-order chi connectivity index (χ0) is 31.1. The molecule has 0 aromatic heterocycles. The lowest BCUT2D eigenvalue weighted by Gasteiger charge is -2.43. The number of ether oxygens (including phenoxy) is 2. The van der Waals surface area contributed by atoms with Gasteiger partial charge in [0.1, 0.15) is 23.4 Å². The van der Waals surface area contributed by atoms with Crippen molar-refractivity contribution >= 4 is 11.8 Å². The number of carbonyl (C=O) groups is 2. The molecule has 2 amide bonds. The van der Waals surface area contributed by atoms with E-state index in [1.165, 1.54) is 24.3 Å². The number of likely N-dealkylation sites (tertiary alicyclic amines) is 1. The molecule has 3 aromatic rings. The molecule has 3 N–H and O–H groups in total. The maximum Gasteiger partial charge on any atom is 0.254 e. The number of amides is 2. The first kappa shape index (κ1) is 31.5. The number of carbonyl (C=O) groups excluding carboxylic acids is 2. The normalized spacial score (nSPS) is 22.0. The summed E-state index contributed by atoms with van der Waals surface area (Å²) in [7, 11) is 3.31. The van der Waals surface area contributed by atoms with Crippen molar-refractivity contribution in [1.82, 2.24) is 15.1 Å². The smallest absolute Gasteiger partial charge is 0.254 e. The molecule has 44 heavy (non-hydrogen) atoms. The SMILES string of the molecule is COc1ccc(CN(Cc2cccc(OC)c2)C2CCN(C(=O)c3ccc(F)cc3)[C@@H](C(=O)NC3CCC(N)CC3)C2)cc1. The predicted octanol–water partition coefficient (Wildman–Crippen LogP) is 4.90. The van der Waals surface area contributed by atoms with Gasteiger partial charge in [-0.25, -0.2) is 4.39 Å². The molecule has 5 rings (SSSR count). The Balaban J connectivity index is 1.41. The second kappa shape index (κ2) is 14.7. The van der Waals surface area contributed by atoms with Gasteiger partial charge in [-0.3, -0.25) is 14.5 Å². The molecule has 9 heteroatoms. The molecule has 1 saturated carbocycles. The highest BCUT2D eigenvalue weighted by molar-refractivity contribution is 5.97. The first-order chi connectivity index (χ1) is 21.3. The van der Waals surface area contributed by atoms with Crippen molar-refractivity contribution < 1.29 is 23.5 Å². The van der Waals surface area contributed by atoms with Gasteiger partial charge in [-0.2, -0.15) is 0 Å². The molecule has 0 spiro atoms. The minimum atomic E-state index is -0.662. The highest BCUT2D eigenvalue weighted by Gasteiger charge is 2.39. The lowest BCUT2D eigenvalue weighted by molar-refractivity contribution is -0.128. The van der Waals surface area contributed by atoms with Crippen molar-refractivity contribution in [3.63, 3.8) is 0 Å². The summed E-state index contributed by atoms with van der Waals surface area (Å²) in [5, 5.41) is 3.24. The van der Waals surface area contributed by atoms with E-state index in [0.717, 1.165) is 48.3 Å². The van der Waals surface area contributed by atoms with Gasteiger partial charge in [0.15, 0.2) is 0 Å². The van der Waals surface area contributed by atoms with E-state index in [-0.39, 0.29) is 29.9 Å². The molecule has 1 saturated heterocycles. The van der Waals surface area contributed by atoms with Crippen LogP contribution in [0.5, 0.6) is 11.5 Å². The highest BCUT2D eigenvalue weighted by atomic mass is 19.1. The van der Waals surface area contributed by atoms with Crippen LogP contribution in [0.4, 0.5) is 4.39 Å². The fourth-order valence-corrected chi connectivity index (χ4v) is 6.37. The average Bonchev–Trinajstić information content (AvgIpc) is 3.05. The maximum atomic E-state index is 13.9. The van der Waals surface area contributed by atoms with E-state index in [1.807, 2.05) is 30.3 Å². The second-order valence-electron chi connectivity index (χ2n) is 11.9. The van der Waals surface area contributed by atoms with Crippen LogP contribution < -0.4 is 20.5 Å². The summed E-state index contributed by atoms with van der Waals surface area (Å²) in [6, 6.07) is 21.2. The van der Waals surface area contributed by atoms with Crippen molar-refractivity contribution in [2.24, 2.45) is 5.73 Å². The number of halogens is 1. The molecule has 3 aromatic carbocycles. The summed E-state index contributed by atoms with van der Waals surface area (Å²) in [5.74, 6) is 0.772. The van der Waals surface area contributed by atoms with Crippen LogP contribution in [0.1, 0.15) is 60.0 Å². The van der Waals surface area contributed by atoms with Crippen LogP contribution in [0.25, 0.3) is 0 Å². The van der Waals surface area contributed by atoms with Crippen molar-refractivity contribution in [3.05, 3.63) is 95.3 Å². The summed E-state index contributed by atoms with van der Waals surface area (Å²) in [6.07, 6.45) is 4.56. The molecule has 1 aliphatic carbocycles. The van der Waals surface area contributed by atoms with Gasteiger partial charge < -0.3 is 25.4 Å². The van der Waals surface area contributed by atoms with E-state index >= 15 is 0 Å². The fourth-order valence-electron chi connectivity index (χ4n) is 6.37. The van der Waals surface area contributed by atoms with Crippen LogP contribution >= 0.6 is 0 Å². The maximum absolute atomic E-state index is 13.9. The summed E-state index contributed by atoms with van der Waals surface area (Å²) >= 11 is 0.